The van der Waals surface area contributed by atoms with Gasteiger partial charge in [-0.1, -0.05) is 17.7 Å². The number of hydrogen-bond donors (Lipinski definition) is 3. The minimum atomic E-state index is -0.955. The summed E-state index contributed by atoms with van der Waals surface area (Å²) in [6.45, 7) is 0.424. The molecule has 3 N–H and O–H groups in total. The maximum Gasteiger partial charge on any atom is 0.311 e. The average molecular weight is 267 g/mol. The SMILES string of the molecule is O=C(O)Cc1n[nH]c(CNc2cccc(Cl)c2)n1. The van der Waals surface area contributed by atoms with Gasteiger partial charge in [-0.05, 0) is 18.2 Å². The molecule has 0 aliphatic rings. The zero-order valence-electron chi connectivity index (χ0n) is 9.35. The summed E-state index contributed by atoms with van der Waals surface area (Å²) in [5, 5.41) is 18.8. The molecular formula is C11H11ClN4O2. The van der Waals surface area contributed by atoms with Crippen molar-refractivity contribution in [1.82, 2.24) is 15.2 Å². The van der Waals surface area contributed by atoms with Crippen molar-refractivity contribution in [3.63, 3.8) is 0 Å². The van der Waals surface area contributed by atoms with Crippen molar-refractivity contribution in [3.05, 3.63) is 40.9 Å². The van der Waals surface area contributed by atoms with Gasteiger partial charge in [0.25, 0.3) is 0 Å². The summed E-state index contributed by atoms with van der Waals surface area (Å²) in [7, 11) is 0. The number of halogens is 1. The molecule has 18 heavy (non-hydrogen) atoms. The predicted molar refractivity (Wildman–Crippen MR) is 66.5 cm³/mol. The van der Waals surface area contributed by atoms with Crippen molar-refractivity contribution >= 4 is 23.3 Å². The third-order valence-corrected chi connectivity index (χ3v) is 2.41. The van der Waals surface area contributed by atoms with E-state index in [9.17, 15) is 4.79 Å². The lowest BCUT2D eigenvalue weighted by Crippen LogP contribution is -2.03. The Balaban J connectivity index is 1.94. The van der Waals surface area contributed by atoms with Crippen LogP contribution in [0.25, 0.3) is 0 Å². The Labute approximate surface area is 108 Å². The number of H-pyrrole nitrogens is 1. The van der Waals surface area contributed by atoms with Gasteiger partial charge >= 0.3 is 5.97 Å². The highest BCUT2D eigenvalue weighted by molar-refractivity contribution is 6.30. The molecule has 0 unspecified atom stereocenters. The number of nitrogens with zero attached hydrogens (tertiary/aromatic N) is 2. The van der Waals surface area contributed by atoms with Gasteiger partial charge in [-0.15, -0.1) is 0 Å². The Bertz CT molecular complexity index is 555. The molecule has 0 fully saturated rings. The molecule has 0 atom stereocenters. The molecule has 0 aliphatic carbocycles. The number of anilines is 1. The monoisotopic (exact) mass is 266 g/mol. The van der Waals surface area contributed by atoms with Crippen molar-refractivity contribution in [2.75, 3.05) is 5.32 Å². The Hall–Kier alpha value is -2.08. The van der Waals surface area contributed by atoms with Crippen molar-refractivity contribution in [2.45, 2.75) is 13.0 Å². The van der Waals surface area contributed by atoms with E-state index >= 15 is 0 Å². The minimum absolute atomic E-state index is 0.187. The van der Waals surface area contributed by atoms with Crippen LogP contribution in [-0.4, -0.2) is 26.3 Å². The van der Waals surface area contributed by atoms with Crippen LogP contribution in [-0.2, 0) is 17.8 Å². The normalized spacial score (nSPS) is 10.3. The summed E-state index contributed by atoms with van der Waals surface area (Å²) in [4.78, 5) is 14.5. The van der Waals surface area contributed by atoms with Gasteiger partial charge in [0.05, 0.1) is 6.54 Å². The molecule has 0 radical (unpaired) electrons. The Kier molecular flexibility index (Phi) is 3.78. The second-order valence-electron chi connectivity index (χ2n) is 3.63. The Morgan fingerprint density at radius 3 is 3.06 bits per heavy atom. The molecule has 1 aromatic carbocycles. The largest absolute Gasteiger partial charge is 0.481 e. The summed E-state index contributed by atoms with van der Waals surface area (Å²) in [6.07, 6.45) is -0.187. The maximum absolute atomic E-state index is 10.5. The highest BCUT2D eigenvalue weighted by Crippen LogP contribution is 2.15. The number of carboxylic acid groups (broad SMARTS) is 1. The van der Waals surface area contributed by atoms with Crippen LogP contribution in [0.1, 0.15) is 11.6 Å². The number of aromatic amines is 1. The predicted octanol–water partition coefficient (Wildman–Crippen LogP) is 1.70. The number of rotatable bonds is 5. The van der Waals surface area contributed by atoms with Crippen LogP contribution in [0.4, 0.5) is 5.69 Å². The fraction of sp³-hybridized carbons (Fsp3) is 0.182. The van der Waals surface area contributed by atoms with Crippen molar-refractivity contribution < 1.29 is 9.90 Å². The average Bonchev–Trinajstić information content (AvgIpc) is 2.73. The minimum Gasteiger partial charge on any atom is -0.481 e. The maximum atomic E-state index is 10.5. The van der Waals surface area contributed by atoms with Gasteiger partial charge in [0.1, 0.15) is 12.2 Å². The molecule has 0 bridgehead atoms. The topological polar surface area (TPSA) is 90.9 Å². The lowest BCUT2D eigenvalue weighted by molar-refractivity contribution is -0.136. The second kappa shape index (κ2) is 5.50. The quantitative estimate of drug-likeness (QED) is 0.766. The van der Waals surface area contributed by atoms with E-state index in [0.717, 1.165) is 5.69 Å². The molecule has 0 saturated heterocycles. The molecule has 1 heterocycles. The lowest BCUT2D eigenvalue weighted by Gasteiger charge is -2.03. The van der Waals surface area contributed by atoms with Gasteiger partial charge in [0.2, 0.25) is 0 Å². The van der Waals surface area contributed by atoms with Crippen LogP contribution in [0.2, 0.25) is 5.02 Å². The van der Waals surface area contributed by atoms with Gasteiger partial charge in [0, 0.05) is 10.7 Å². The number of nitrogens with one attached hydrogen (secondary N) is 2. The van der Waals surface area contributed by atoms with E-state index in [4.69, 9.17) is 16.7 Å². The summed E-state index contributed by atoms with van der Waals surface area (Å²) in [5.41, 5.74) is 0.860. The summed E-state index contributed by atoms with van der Waals surface area (Å²) in [6, 6.07) is 7.28. The van der Waals surface area contributed by atoms with Crippen LogP contribution in [0.15, 0.2) is 24.3 Å². The van der Waals surface area contributed by atoms with Crippen molar-refractivity contribution in [1.29, 1.82) is 0 Å². The molecule has 6 nitrogen and oxygen atoms in total. The third-order valence-electron chi connectivity index (χ3n) is 2.17. The molecule has 94 valence electrons. The number of benzene rings is 1. The number of carbonyl (C=O) groups is 1. The van der Waals surface area contributed by atoms with Gasteiger partial charge in [-0.3, -0.25) is 9.89 Å². The standard InChI is InChI=1S/C11H11ClN4O2/c12-7-2-1-3-8(4-7)13-6-10-14-9(15-16-10)5-11(17)18/h1-4,13H,5-6H2,(H,17,18)(H,14,15,16). The third kappa shape index (κ3) is 3.46. The van der Waals surface area contributed by atoms with Crippen molar-refractivity contribution in [2.24, 2.45) is 0 Å². The molecular weight excluding hydrogens is 256 g/mol. The molecule has 2 aromatic rings. The highest BCUT2D eigenvalue weighted by Gasteiger charge is 2.07. The van der Waals surface area contributed by atoms with Gasteiger partial charge in [0.15, 0.2) is 5.82 Å². The van der Waals surface area contributed by atoms with E-state index in [-0.39, 0.29) is 12.2 Å². The zero-order valence-corrected chi connectivity index (χ0v) is 10.1. The molecule has 0 amide bonds. The van der Waals surface area contributed by atoms with E-state index < -0.39 is 5.97 Å². The van der Waals surface area contributed by atoms with Crippen LogP contribution >= 0.6 is 11.6 Å². The Morgan fingerprint density at radius 1 is 1.50 bits per heavy atom. The van der Waals surface area contributed by atoms with Crippen LogP contribution in [0, 0.1) is 0 Å². The first-order valence-corrected chi connectivity index (χ1v) is 5.62. The van der Waals surface area contributed by atoms with E-state index in [1.807, 2.05) is 12.1 Å². The fourth-order valence-corrected chi connectivity index (χ4v) is 1.60. The fourth-order valence-electron chi connectivity index (χ4n) is 1.41. The van der Waals surface area contributed by atoms with Crippen LogP contribution in [0.5, 0.6) is 0 Å². The lowest BCUT2D eigenvalue weighted by atomic mass is 10.3. The van der Waals surface area contributed by atoms with Crippen molar-refractivity contribution in [3.8, 4) is 0 Å². The van der Waals surface area contributed by atoms with E-state index in [2.05, 4.69) is 20.5 Å². The summed E-state index contributed by atoms with van der Waals surface area (Å²) < 4.78 is 0. The van der Waals surface area contributed by atoms with Gasteiger partial charge < -0.3 is 10.4 Å². The van der Waals surface area contributed by atoms with E-state index in [1.54, 1.807) is 12.1 Å². The first-order valence-electron chi connectivity index (χ1n) is 5.25. The number of carboxylic acids is 1. The second-order valence-corrected chi connectivity index (χ2v) is 4.07. The van der Waals surface area contributed by atoms with E-state index in [1.165, 1.54) is 0 Å². The van der Waals surface area contributed by atoms with E-state index in [0.29, 0.717) is 17.4 Å². The first kappa shape index (κ1) is 12.4. The molecule has 2 rings (SSSR count). The molecule has 1 aromatic heterocycles. The molecule has 0 aliphatic heterocycles. The number of aliphatic carboxylic acids is 1. The Morgan fingerprint density at radius 2 is 2.33 bits per heavy atom. The van der Waals surface area contributed by atoms with Gasteiger partial charge in [-0.2, -0.15) is 5.10 Å². The smallest absolute Gasteiger partial charge is 0.311 e. The zero-order chi connectivity index (χ0) is 13.0. The van der Waals surface area contributed by atoms with Crippen LogP contribution in [0.3, 0.4) is 0 Å². The summed E-state index contributed by atoms with van der Waals surface area (Å²) in [5.74, 6) is -0.111. The molecule has 0 saturated carbocycles. The number of aromatic nitrogens is 3. The van der Waals surface area contributed by atoms with Crippen LogP contribution < -0.4 is 5.32 Å². The first-order chi connectivity index (χ1) is 8.63. The van der Waals surface area contributed by atoms with Gasteiger partial charge in [-0.25, -0.2) is 4.98 Å². The molecule has 0 spiro atoms. The highest BCUT2D eigenvalue weighted by atomic mass is 35.5. The molecule has 7 heteroatoms. The number of hydrogen-bond acceptors (Lipinski definition) is 4. The summed E-state index contributed by atoms with van der Waals surface area (Å²) >= 11 is 5.85.